The van der Waals surface area contributed by atoms with Gasteiger partial charge in [0.25, 0.3) is 11.5 Å². The summed E-state index contributed by atoms with van der Waals surface area (Å²) in [5, 5.41) is 16.1. The Morgan fingerprint density at radius 3 is 2.75 bits per heavy atom. The van der Waals surface area contributed by atoms with Crippen molar-refractivity contribution in [1.29, 1.82) is 0 Å². The Kier molecular flexibility index (Phi) is 6.38. The molecule has 0 aliphatic rings. The van der Waals surface area contributed by atoms with E-state index in [1.165, 1.54) is 16.8 Å². The second-order valence-corrected chi connectivity index (χ2v) is 5.09. The van der Waals surface area contributed by atoms with Gasteiger partial charge in [-0.2, -0.15) is 5.10 Å². The lowest BCUT2D eigenvalue weighted by atomic mass is 10.1. The molecule has 1 amide bonds. The monoisotopic (exact) mass is 281 g/mol. The fourth-order valence-corrected chi connectivity index (χ4v) is 1.91. The van der Waals surface area contributed by atoms with Gasteiger partial charge >= 0.3 is 0 Å². The quantitative estimate of drug-likeness (QED) is 0.779. The molecule has 2 atom stereocenters. The van der Waals surface area contributed by atoms with Crippen molar-refractivity contribution in [3.8, 4) is 0 Å². The highest BCUT2D eigenvalue weighted by Crippen LogP contribution is 1.99. The van der Waals surface area contributed by atoms with Crippen LogP contribution in [0, 0.1) is 0 Å². The molecule has 2 N–H and O–H groups in total. The highest BCUT2D eigenvalue weighted by molar-refractivity contribution is 5.92. The summed E-state index contributed by atoms with van der Waals surface area (Å²) in [6.07, 6.45) is 1.80. The third-order valence-corrected chi connectivity index (χ3v) is 2.89. The first-order valence-electron chi connectivity index (χ1n) is 7.01. The van der Waals surface area contributed by atoms with E-state index in [9.17, 15) is 14.7 Å². The average Bonchev–Trinajstić information content (AvgIpc) is 2.36. The number of aryl methyl sites for hydroxylation is 1. The maximum absolute atomic E-state index is 12.0. The molecule has 0 spiro atoms. The van der Waals surface area contributed by atoms with Crippen LogP contribution in [-0.4, -0.2) is 32.9 Å². The minimum absolute atomic E-state index is 0.152. The Morgan fingerprint density at radius 2 is 2.15 bits per heavy atom. The number of hydrogen-bond donors (Lipinski definition) is 2. The predicted octanol–water partition coefficient (Wildman–Crippen LogP) is 0.933. The van der Waals surface area contributed by atoms with Crippen molar-refractivity contribution in [1.82, 2.24) is 15.1 Å². The minimum Gasteiger partial charge on any atom is -0.393 e. The number of aliphatic hydroxyl groups is 1. The van der Waals surface area contributed by atoms with E-state index in [4.69, 9.17) is 0 Å². The molecule has 0 aliphatic carbocycles. The molecular weight excluding hydrogens is 258 g/mol. The molecule has 112 valence electrons. The van der Waals surface area contributed by atoms with Crippen LogP contribution < -0.4 is 10.9 Å². The van der Waals surface area contributed by atoms with Crippen LogP contribution in [0.2, 0.25) is 0 Å². The summed E-state index contributed by atoms with van der Waals surface area (Å²) >= 11 is 0. The molecule has 1 heterocycles. The van der Waals surface area contributed by atoms with Crippen LogP contribution in [0.25, 0.3) is 0 Å². The van der Waals surface area contributed by atoms with Gasteiger partial charge in [0, 0.05) is 18.7 Å². The van der Waals surface area contributed by atoms with Gasteiger partial charge < -0.3 is 10.4 Å². The van der Waals surface area contributed by atoms with Gasteiger partial charge in [-0.25, -0.2) is 4.68 Å². The number of nitrogens with one attached hydrogen (secondary N) is 1. The lowest BCUT2D eigenvalue weighted by Gasteiger charge is -2.15. The minimum atomic E-state index is -0.475. The predicted molar refractivity (Wildman–Crippen MR) is 76.6 cm³/mol. The molecule has 1 aromatic rings. The molecule has 0 aliphatic heterocycles. The number of aromatic nitrogens is 2. The molecule has 6 nitrogen and oxygen atoms in total. The van der Waals surface area contributed by atoms with Crippen LogP contribution in [0.3, 0.4) is 0 Å². The van der Waals surface area contributed by atoms with Crippen molar-refractivity contribution in [2.45, 2.75) is 58.7 Å². The molecule has 0 saturated heterocycles. The molecule has 1 aromatic heterocycles. The summed E-state index contributed by atoms with van der Waals surface area (Å²) in [6, 6.07) is 2.63. The van der Waals surface area contributed by atoms with Gasteiger partial charge in [0.1, 0.15) is 5.69 Å². The number of unbranched alkanes of at least 4 members (excludes halogenated alkanes) is 1. The molecule has 0 saturated carbocycles. The maximum atomic E-state index is 12.0. The first-order chi connectivity index (χ1) is 9.43. The van der Waals surface area contributed by atoms with Crippen molar-refractivity contribution in [3.05, 3.63) is 28.2 Å². The fraction of sp³-hybridized carbons (Fsp3) is 0.643. The molecule has 20 heavy (non-hydrogen) atoms. The molecule has 1 rings (SSSR count). The van der Waals surface area contributed by atoms with E-state index in [0.717, 1.165) is 12.8 Å². The zero-order valence-electron chi connectivity index (χ0n) is 12.3. The standard InChI is InChI=1S/C14H23N3O3/c1-4-5-8-17-13(19)7-6-12(16-17)14(20)15-10(2)9-11(3)18/h6-7,10-11,18H,4-5,8-9H2,1-3H3,(H,15,20). The van der Waals surface area contributed by atoms with E-state index in [1.54, 1.807) is 6.92 Å². The van der Waals surface area contributed by atoms with Gasteiger partial charge in [-0.1, -0.05) is 13.3 Å². The van der Waals surface area contributed by atoms with Crippen LogP contribution in [0.5, 0.6) is 0 Å². The van der Waals surface area contributed by atoms with E-state index >= 15 is 0 Å². The smallest absolute Gasteiger partial charge is 0.271 e. The second kappa shape index (κ2) is 7.79. The molecule has 0 radical (unpaired) electrons. The van der Waals surface area contributed by atoms with Crippen molar-refractivity contribution in [2.75, 3.05) is 0 Å². The molecule has 6 heteroatoms. The highest BCUT2D eigenvalue weighted by Gasteiger charge is 2.13. The second-order valence-electron chi connectivity index (χ2n) is 5.09. The van der Waals surface area contributed by atoms with Crippen molar-refractivity contribution in [3.63, 3.8) is 0 Å². The van der Waals surface area contributed by atoms with Crippen LogP contribution in [0.15, 0.2) is 16.9 Å². The Hall–Kier alpha value is -1.69. The Bertz CT molecular complexity index is 497. The number of nitrogens with zero attached hydrogens (tertiary/aromatic N) is 2. The van der Waals surface area contributed by atoms with Crippen LogP contribution in [-0.2, 0) is 6.54 Å². The van der Waals surface area contributed by atoms with E-state index < -0.39 is 6.10 Å². The van der Waals surface area contributed by atoms with Crippen molar-refractivity contribution in [2.24, 2.45) is 0 Å². The number of amides is 1. The van der Waals surface area contributed by atoms with Gasteiger partial charge in [-0.3, -0.25) is 9.59 Å². The lowest BCUT2D eigenvalue weighted by Crippen LogP contribution is -2.36. The topological polar surface area (TPSA) is 84.2 Å². The lowest BCUT2D eigenvalue weighted by molar-refractivity contribution is 0.0915. The normalized spacial score (nSPS) is 13.8. The van der Waals surface area contributed by atoms with Crippen molar-refractivity contribution >= 4 is 5.91 Å². The molecule has 0 bridgehead atoms. The third kappa shape index (κ3) is 5.13. The van der Waals surface area contributed by atoms with E-state index in [-0.39, 0.29) is 23.2 Å². The number of aliphatic hydroxyl groups excluding tert-OH is 1. The van der Waals surface area contributed by atoms with E-state index in [0.29, 0.717) is 13.0 Å². The molecular formula is C14H23N3O3. The number of rotatable bonds is 7. The molecule has 2 unspecified atom stereocenters. The Balaban J connectivity index is 2.75. The summed E-state index contributed by atoms with van der Waals surface area (Å²) < 4.78 is 1.32. The van der Waals surface area contributed by atoms with Gasteiger partial charge in [-0.15, -0.1) is 0 Å². The summed E-state index contributed by atoms with van der Waals surface area (Å²) in [5.41, 5.74) is 0.0187. The summed E-state index contributed by atoms with van der Waals surface area (Å²) in [7, 11) is 0. The largest absolute Gasteiger partial charge is 0.393 e. The Morgan fingerprint density at radius 1 is 1.45 bits per heavy atom. The van der Waals surface area contributed by atoms with Gasteiger partial charge in [0.15, 0.2) is 0 Å². The SMILES string of the molecule is CCCCn1nc(C(=O)NC(C)CC(C)O)ccc1=O. The average molecular weight is 281 g/mol. The summed E-state index contributed by atoms with van der Waals surface area (Å²) in [4.78, 5) is 23.6. The summed E-state index contributed by atoms with van der Waals surface area (Å²) in [5.74, 6) is -0.330. The van der Waals surface area contributed by atoms with Gasteiger partial charge in [-0.05, 0) is 32.8 Å². The number of carbonyl (C=O) groups excluding carboxylic acids is 1. The first kappa shape index (κ1) is 16.4. The van der Waals surface area contributed by atoms with Crippen LogP contribution in [0.1, 0.15) is 50.5 Å². The van der Waals surface area contributed by atoms with E-state index in [1.807, 2.05) is 13.8 Å². The zero-order chi connectivity index (χ0) is 15.1. The van der Waals surface area contributed by atoms with Gasteiger partial charge in [0.2, 0.25) is 0 Å². The number of hydrogen-bond acceptors (Lipinski definition) is 4. The zero-order valence-corrected chi connectivity index (χ0v) is 12.3. The van der Waals surface area contributed by atoms with Crippen LogP contribution >= 0.6 is 0 Å². The first-order valence-corrected chi connectivity index (χ1v) is 7.01. The number of carbonyl (C=O) groups is 1. The Labute approximate surface area is 118 Å². The maximum Gasteiger partial charge on any atom is 0.271 e. The van der Waals surface area contributed by atoms with Gasteiger partial charge in [0.05, 0.1) is 6.10 Å². The van der Waals surface area contributed by atoms with Crippen molar-refractivity contribution < 1.29 is 9.90 Å². The van der Waals surface area contributed by atoms with Crippen LogP contribution in [0.4, 0.5) is 0 Å². The highest BCUT2D eigenvalue weighted by atomic mass is 16.3. The van der Waals surface area contributed by atoms with E-state index in [2.05, 4.69) is 10.4 Å². The fourth-order valence-electron chi connectivity index (χ4n) is 1.91. The summed E-state index contributed by atoms with van der Waals surface area (Å²) in [6.45, 7) is 6.03. The third-order valence-electron chi connectivity index (χ3n) is 2.89. The molecule has 0 fully saturated rings. The molecule has 0 aromatic carbocycles.